The van der Waals surface area contributed by atoms with Gasteiger partial charge < -0.3 is 19.1 Å². The molecule has 3 aliphatic rings. The smallest absolute Gasteiger partial charge is 0.227 e. The standard InChI is InChI=1S/C17H24N4O3/c1-2-14-18-6-10-19(14)8-4-15(22)20-9-5-17-13(20)12-16(23)21(17)7-3-11-24-17/h6,10,13H,2-5,7-9,11-12H2,1H3/t13-,17+/m1/s1. The molecule has 1 aromatic heterocycles. The Morgan fingerprint density at radius 2 is 2.33 bits per heavy atom. The lowest BCUT2D eigenvalue weighted by Gasteiger charge is -2.42. The lowest BCUT2D eigenvalue weighted by molar-refractivity contribution is -0.181. The van der Waals surface area contributed by atoms with E-state index in [1.807, 2.05) is 20.6 Å². The molecule has 4 heterocycles. The van der Waals surface area contributed by atoms with E-state index in [1.165, 1.54) is 0 Å². The number of aromatic nitrogens is 2. The fourth-order valence-corrected chi connectivity index (χ4v) is 4.47. The Bertz CT molecular complexity index is 658. The third-order valence-electron chi connectivity index (χ3n) is 5.62. The first-order valence-electron chi connectivity index (χ1n) is 8.89. The number of imidazole rings is 1. The van der Waals surface area contributed by atoms with E-state index in [4.69, 9.17) is 4.74 Å². The average Bonchev–Trinajstić information content (AvgIpc) is 3.25. The number of hydrogen-bond donors (Lipinski definition) is 0. The molecule has 0 aromatic carbocycles. The van der Waals surface area contributed by atoms with Crippen LogP contribution < -0.4 is 0 Å². The summed E-state index contributed by atoms with van der Waals surface area (Å²) in [5.41, 5.74) is -0.547. The first-order valence-corrected chi connectivity index (χ1v) is 8.89. The van der Waals surface area contributed by atoms with Crippen molar-refractivity contribution in [3.05, 3.63) is 18.2 Å². The zero-order chi connectivity index (χ0) is 16.7. The van der Waals surface area contributed by atoms with Crippen LogP contribution in [0, 0.1) is 0 Å². The van der Waals surface area contributed by atoms with Gasteiger partial charge in [0, 0.05) is 51.3 Å². The zero-order valence-corrected chi connectivity index (χ0v) is 14.1. The lowest BCUT2D eigenvalue weighted by Crippen LogP contribution is -2.56. The first-order chi connectivity index (χ1) is 11.7. The molecule has 0 aliphatic carbocycles. The van der Waals surface area contributed by atoms with Crippen LogP contribution in [0.2, 0.25) is 0 Å². The Morgan fingerprint density at radius 1 is 1.46 bits per heavy atom. The van der Waals surface area contributed by atoms with Gasteiger partial charge in [0.2, 0.25) is 11.8 Å². The van der Waals surface area contributed by atoms with Gasteiger partial charge in [-0.1, -0.05) is 6.92 Å². The van der Waals surface area contributed by atoms with Crippen LogP contribution in [0.5, 0.6) is 0 Å². The normalized spacial score (nSPS) is 29.0. The molecule has 0 radical (unpaired) electrons. The molecule has 3 saturated heterocycles. The van der Waals surface area contributed by atoms with Crippen molar-refractivity contribution in [1.82, 2.24) is 19.4 Å². The molecular weight excluding hydrogens is 308 g/mol. The Labute approximate surface area is 141 Å². The van der Waals surface area contributed by atoms with Crippen molar-refractivity contribution in [2.45, 2.75) is 57.3 Å². The molecule has 4 rings (SSSR count). The molecule has 2 atom stereocenters. The number of rotatable bonds is 4. The minimum absolute atomic E-state index is 0.108. The van der Waals surface area contributed by atoms with Gasteiger partial charge >= 0.3 is 0 Å². The van der Waals surface area contributed by atoms with Crippen molar-refractivity contribution >= 4 is 11.8 Å². The van der Waals surface area contributed by atoms with Gasteiger partial charge in [0.05, 0.1) is 19.1 Å². The molecule has 0 unspecified atom stereocenters. The van der Waals surface area contributed by atoms with E-state index in [0.717, 1.165) is 31.6 Å². The van der Waals surface area contributed by atoms with Gasteiger partial charge in [0.25, 0.3) is 0 Å². The van der Waals surface area contributed by atoms with E-state index in [2.05, 4.69) is 11.9 Å². The Morgan fingerprint density at radius 3 is 3.17 bits per heavy atom. The van der Waals surface area contributed by atoms with Crippen LogP contribution in [0.1, 0.15) is 38.4 Å². The molecule has 7 heteroatoms. The van der Waals surface area contributed by atoms with Crippen molar-refractivity contribution in [2.75, 3.05) is 19.7 Å². The summed E-state index contributed by atoms with van der Waals surface area (Å²) in [6, 6.07) is -0.119. The maximum Gasteiger partial charge on any atom is 0.227 e. The SMILES string of the molecule is CCc1nccn1CCC(=O)N1CC[C@@]23OCCCN2C(=O)C[C@@H]13. The van der Waals surface area contributed by atoms with E-state index < -0.39 is 5.72 Å². The van der Waals surface area contributed by atoms with Crippen LogP contribution in [0.15, 0.2) is 12.4 Å². The van der Waals surface area contributed by atoms with Gasteiger partial charge in [-0.2, -0.15) is 0 Å². The Hall–Kier alpha value is -1.89. The van der Waals surface area contributed by atoms with Crippen LogP contribution in [0.3, 0.4) is 0 Å². The summed E-state index contributed by atoms with van der Waals surface area (Å²) in [7, 11) is 0. The van der Waals surface area contributed by atoms with Gasteiger partial charge in [-0.25, -0.2) is 4.98 Å². The molecule has 3 aliphatic heterocycles. The number of carbonyl (C=O) groups excluding carboxylic acids is 2. The molecule has 0 bridgehead atoms. The summed E-state index contributed by atoms with van der Waals surface area (Å²) in [6.45, 7) is 4.81. The second-order valence-electron chi connectivity index (χ2n) is 6.79. The largest absolute Gasteiger partial charge is 0.353 e. The molecule has 1 spiro atoms. The first kappa shape index (κ1) is 15.6. The van der Waals surface area contributed by atoms with E-state index in [0.29, 0.717) is 32.5 Å². The summed E-state index contributed by atoms with van der Waals surface area (Å²) >= 11 is 0. The predicted molar refractivity (Wildman–Crippen MR) is 86.0 cm³/mol. The van der Waals surface area contributed by atoms with Gasteiger partial charge in [0.1, 0.15) is 5.82 Å². The quantitative estimate of drug-likeness (QED) is 0.817. The van der Waals surface area contributed by atoms with Crippen molar-refractivity contribution < 1.29 is 14.3 Å². The van der Waals surface area contributed by atoms with E-state index in [-0.39, 0.29) is 17.9 Å². The molecule has 0 N–H and O–H groups in total. The topological polar surface area (TPSA) is 67.7 Å². The van der Waals surface area contributed by atoms with Crippen molar-refractivity contribution in [2.24, 2.45) is 0 Å². The zero-order valence-electron chi connectivity index (χ0n) is 14.1. The maximum absolute atomic E-state index is 12.8. The van der Waals surface area contributed by atoms with Crippen molar-refractivity contribution in [3.63, 3.8) is 0 Å². The highest BCUT2D eigenvalue weighted by atomic mass is 16.5. The van der Waals surface area contributed by atoms with Crippen molar-refractivity contribution in [1.29, 1.82) is 0 Å². The molecule has 0 saturated carbocycles. The molecular formula is C17H24N4O3. The van der Waals surface area contributed by atoms with Gasteiger partial charge in [-0.15, -0.1) is 0 Å². The molecule has 1 aromatic rings. The number of nitrogens with zero attached hydrogens (tertiary/aromatic N) is 4. The van der Waals surface area contributed by atoms with Crippen LogP contribution in [0.4, 0.5) is 0 Å². The summed E-state index contributed by atoms with van der Waals surface area (Å²) in [5, 5.41) is 0. The van der Waals surface area contributed by atoms with Gasteiger partial charge in [-0.05, 0) is 6.42 Å². The monoisotopic (exact) mass is 332 g/mol. The summed E-state index contributed by atoms with van der Waals surface area (Å²) in [5.74, 6) is 1.23. The average molecular weight is 332 g/mol. The number of likely N-dealkylation sites (tertiary alicyclic amines) is 1. The number of hydrogen-bond acceptors (Lipinski definition) is 4. The summed E-state index contributed by atoms with van der Waals surface area (Å²) < 4.78 is 8.08. The summed E-state index contributed by atoms with van der Waals surface area (Å²) in [6.07, 6.45) is 7.00. The van der Waals surface area contributed by atoms with E-state index in [9.17, 15) is 9.59 Å². The van der Waals surface area contributed by atoms with Crippen molar-refractivity contribution in [3.8, 4) is 0 Å². The minimum Gasteiger partial charge on any atom is -0.353 e. The molecule has 3 fully saturated rings. The second kappa shape index (κ2) is 5.88. The molecule has 7 nitrogen and oxygen atoms in total. The van der Waals surface area contributed by atoms with E-state index >= 15 is 0 Å². The lowest BCUT2D eigenvalue weighted by atomic mass is 10.0. The van der Waals surface area contributed by atoms with Crippen LogP contribution in [-0.2, 0) is 27.3 Å². The fraction of sp³-hybridized carbons (Fsp3) is 0.706. The predicted octanol–water partition coefficient (Wildman–Crippen LogP) is 0.785. The number of carbonyl (C=O) groups is 2. The van der Waals surface area contributed by atoms with Gasteiger partial charge in [0.15, 0.2) is 5.72 Å². The van der Waals surface area contributed by atoms with Crippen LogP contribution in [0.25, 0.3) is 0 Å². The molecule has 24 heavy (non-hydrogen) atoms. The third-order valence-corrected chi connectivity index (χ3v) is 5.62. The fourth-order valence-electron chi connectivity index (χ4n) is 4.47. The summed E-state index contributed by atoms with van der Waals surface area (Å²) in [4.78, 5) is 33.1. The highest BCUT2D eigenvalue weighted by Crippen LogP contribution is 2.44. The Balaban J connectivity index is 1.45. The van der Waals surface area contributed by atoms with E-state index in [1.54, 1.807) is 6.20 Å². The number of ether oxygens (including phenoxy) is 1. The van der Waals surface area contributed by atoms with Crippen LogP contribution >= 0.6 is 0 Å². The van der Waals surface area contributed by atoms with Crippen LogP contribution in [-0.4, -0.2) is 62.6 Å². The van der Waals surface area contributed by atoms with Gasteiger partial charge in [-0.3, -0.25) is 9.59 Å². The number of aryl methyl sites for hydroxylation is 2. The molecule has 130 valence electrons. The maximum atomic E-state index is 12.8. The highest BCUT2D eigenvalue weighted by Gasteiger charge is 2.61. The Kier molecular flexibility index (Phi) is 3.83. The number of amides is 2. The minimum atomic E-state index is -0.547. The molecule has 2 amide bonds. The highest BCUT2D eigenvalue weighted by molar-refractivity contribution is 5.84. The second-order valence-corrected chi connectivity index (χ2v) is 6.79. The third kappa shape index (κ3) is 2.25.